The van der Waals surface area contributed by atoms with Gasteiger partial charge in [0.05, 0.1) is 10.6 Å². The Morgan fingerprint density at radius 3 is 2.24 bits per heavy atom. The number of nitrogens with one attached hydrogen (secondary N) is 1. The number of hydrogen-bond donors (Lipinski definition) is 1. The van der Waals surface area contributed by atoms with Gasteiger partial charge in [-0.15, -0.1) is 0 Å². The van der Waals surface area contributed by atoms with Gasteiger partial charge in [0.1, 0.15) is 31.6 Å². The van der Waals surface area contributed by atoms with Crippen LogP contribution in [0, 0.1) is 5.82 Å². The van der Waals surface area contributed by atoms with Crippen LogP contribution in [0.25, 0.3) is 0 Å². The third kappa shape index (κ3) is 7.86. The first-order valence-electron chi connectivity index (χ1n) is 14.7. The van der Waals surface area contributed by atoms with E-state index < -0.39 is 34.3 Å². The number of carbonyl (C=O) groups excluding carboxylic acids is 2. The molecule has 240 valence electrons. The van der Waals surface area contributed by atoms with E-state index in [-0.39, 0.29) is 41.8 Å². The molecule has 0 saturated carbocycles. The van der Waals surface area contributed by atoms with Crippen molar-refractivity contribution in [1.29, 1.82) is 0 Å². The molecule has 5 rings (SSSR count). The van der Waals surface area contributed by atoms with Crippen molar-refractivity contribution in [2.45, 2.75) is 30.8 Å². The van der Waals surface area contributed by atoms with E-state index in [9.17, 15) is 22.4 Å². The number of ether oxygens (including phenoxy) is 2. The molecule has 0 bridgehead atoms. The summed E-state index contributed by atoms with van der Waals surface area (Å²) in [7, 11) is -4.40. The van der Waals surface area contributed by atoms with E-state index in [1.807, 2.05) is 54.6 Å². The van der Waals surface area contributed by atoms with Gasteiger partial charge in [-0.3, -0.25) is 13.9 Å². The summed E-state index contributed by atoms with van der Waals surface area (Å²) in [4.78, 5) is 29.3. The first kappa shape index (κ1) is 33.0. The van der Waals surface area contributed by atoms with Crippen molar-refractivity contribution in [3.63, 3.8) is 0 Å². The SMILES string of the molecule is CCNC(=O)C(Cc1ccccc1)N(Cc1ccc(Br)cc1)C(=O)CN(c1ccc(F)cc1)S(=O)(=O)c1ccc2c(c1)OCCO2. The molecule has 9 nitrogen and oxygen atoms in total. The Morgan fingerprint density at radius 2 is 1.57 bits per heavy atom. The Balaban J connectivity index is 1.56. The molecule has 0 fully saturated rings. The van der Waals surface area contributed by atoms with Gasteiger partial charge in [-0.05, 0) is 66.6 Å². The number of benzene rings is 4. The number of rotatable bonds is 12. The van der Waals surface area contributed by atoms with Crippen LogP contribution in [0.15, 0.2) is 106 Å². The van der Waals surface area contributed by atoms with Crippen LogP contribution in [0.2, 0.25) is 0 Å². The fraction of sp³-hybridized carbons (Fsp3) is 0.235. The van der Waals surface area contributed by atoms with E-state index in [1.165, 1.54) is 35.2 Å². The Bertz CT molecular complexity index is 1770. The van der Waals surface area contributed by atoms with Gasteiger partial charge in [0.15, 0.2) is 11.5 Å². The maximum Gasteiger partial charge on any atom is 0.264 e. The average molecular weight is 711 g/mol. The number of anilines is 1. The number of amides is 2. The molecular weight excluding hydrogens is 677 g/mol. The number of carbonyl (C=O) groups is 2. The molecule has 12 heteroatoms. The third-order valence-electron chi connectivity index (χ3n) is 7.38. The highest BCUT2D eigenvalue weighted by Gasteiger charge is 2.35. The fourth-order valence-corrected chi connectivity index (χ4v) is 6.77. The lowest BCUT2D eigenvalue weighted by atomic mass is 10.0. The molecule has 0 radical (unpaired) electrons. The zero-order chi connectivity index (χ0) is 32.7. The van der Waals surface area contributed by atoms with Gasteiger partial charge < -0.3 is 19.7 Å². The second-order valence-corrected chi connectivity index (χ2v) is 13.3. The number of halogens is 2. The fourth-order valence-electron chi connectivity index (χ4n) is 5.08. The molecule has 2 amide bonds. The minimum atomic E-state index is -4.40. The number of fused-ring (bicyclic) bond motifs is 1. The van der Waals surface area contributed by atoms with Crippen LogP contribution in [0.3, 0.4) is 0 Å². The van der Waals surface area contributed by atoms with E-state index in [4.69, 9.17) is 9.47 Å². The number of hydrogen-bond acceptors (Lipinski definition) is 6. The molecule has 0 aromatic heterocycles. The maximum absolute atomic E-state index is 14.4. The van der Waals surface area contributed by atoms with Crippen molar-refractivity contribution in [2.75, 3.05) is 30.6 Å². The number of likely N-dealkylation sites (N-methyl/N-ethyl adjacent to an activating group) is 1. The molecule has 0 saturated heterocycles. The van der Waals surface area contributed by atoms with E-state index in [2.05, 4.69) is 21.2 Å². The van der Waals surface area contributed by atoms with E-state index in [0.29, 0.717) is 18.9 Å². The van der Waals surface area contributed by atoms with Gasteiger partial charge in [0.25, 0.3) is 10.0 Å². The van der Waals surface area contributed by atoms with Gasteiger partial charge in [-0.25, -0.2) is 12.8 Å². The summed E-state index contributed by atoms with van der Waals surface area (Å²) in [6.45, 7) is 2.08. The van der Waals surface area contributed by atoms with Crippen molar-refractivity contribution in [2.24, 2.45) is 0 Å². The summed E-state index contributed by atoms with van der Waals surface area (Å²) in [5.74, 6) is -0.905. The van der Waals surface area contributed by atoms with Crippen LogP contribution in [0.5, 0.6) is 11.5 Å². The lowest BCUT2D eigenvalue weighted by Crippen LogP contribution is -2.53. The van der Waals surface area contributed by atoms with Crippen molar-refractivity contribution in [3.8, 4) is 11.5 Å². The van der Waals surface area contributed by atoms with E-state index >= 15 is 0 Å². The molecule has 1 unspecified atom stereocenters. The lowest BCUT2D eigenvalue weighted by Gasteiger charge is -2.34. The van der Waals surface area contributed by atoms with Crippen molar-refractivity contribution < 1.29 is 31.9 Å². The molecule has 1 heterocycles. The zero-order valence-electron chi connectivity index (χ0n) is 25.1. The molecule has 0 spiro atoms. The predicted molar refractivity (Wildman–Crippen MR) is 176 cm³/mol. The monoisotopic (exact) mass is 709 g/mol. The van der Waals surface area contributed by atoms with Crippen LogP contribution in [-0.2, 0) is 32.6 Å². The highest BCUT2D eigenvalue weighted by molar-refractivity contribution is 9.10. The Labute approximate surface area is 276 Å². The van der Waals surface area contributed by atoms with Crippen LogP contribution >= 0.6 is 15.9 Å². The van der Waals surface area contributed by atoms with Gasteiger partial charge in [-0.2, -0.15) is 0 Å². The zero-order valence-corrected chi connectivity index (χ0v) is 27.5. The molecule has 4 aromatic rings. The number of sulfonamides is 1. The van der Waals surface area contributed by atoms with E-state index in [1.54, 1.807) is 6.92 Å². The first-order valence-corrected chi connectivity index (χ1v) is 16.9. The Kier molecular flexibility index (Phi) is 10.6. The second kappa shape index (κ2) is 14.8. The average Bonchev–Trinajstić information content (AvgIpc) is 3.06. The van der Waals surface area contributed by atoms with Crippen LogP contribution < -0.4 is 19.1 Å². The predicted octanol–water partition coefficient (Wildman–Crippen LogP) is 5.33. The maximum atomic E-state index is 14.4. The Hall–Kier alpha value is -4.42. The molecule has 4 aromatic carbocycles. The van der Waals surface area contributed by atoms with Crippen LogP contribution in [-0.4, -0.2) is 57.5 Å². The normalized spacial score (nSPS) is 13.0. The highest BCUT2D eigenvalue weighted by atomic mass is 79.9. The standard InChI is InChI=1S/C34H33BrFN3O6S/c1-2-37-34(41)30(20-24-6-4-3-5-7-24)38(22-25-8-10-26(35)11-9-25)33(40)23-39(28-14-12-27(36)13-15-28)46(42,43)29-16-17-31-32(21-29)45-19-18-44-31/h3-17,21,30H,2,18-20,22-23H2,1H3,(H,37,41). The highest BCUT2D eigenvalue weighted by Crippen LogP contribution is 2.34. The minimum Gasteiger partial charge on any atom is -0.486 e. The first-order chi connectivity index (χ1) is 22.2. The molecular formula is C34H33BrFN3O6S. The quantitative estimate of drug-likeness (QED) is 0.213. The topological polar surface area (TPSA) is 105 Å². The second-order valence-electron chi connectivity index (χ2n) is 10.5. The summed E-state index contributed by atoms with van der Waals surface area (Å²) >= 11 is 3.43. The summed E-state index contributed by atoms with van der Waals surface area (Å²) < 4.78 is 55.4. The molecule has 1 aliphatic heterocycles. The summed E-state index contributed by atoms with van der Waals surface area (Å²) in [5.41, 5.74) is 1.64. The van der Waals surface area contributed by atoms with Gasteiger partial charge in [0, 0.05) is 30.0 Å². The van der Waals surface area contributed by atoms with Crippen molar-refractivity contribution >= 4 is 43.5 Å². The molecule has 1 atom stereocenters. The van der Waals surface area contributed by atoms with Gasteiger partial charge >= 0.3 is 0 Å². The summed E-state index contributed by atoms with van der Waals surface area (Å²) in [6.07, 6.45) is 0.195. The smallest absolute Gasteiger partial charge is 0.264 e. The van der Waals surface area contributed by atoms with Gasteiger partial charge in [-0.1, -0.05) is 58.4 Å². The lowest BCUT2D eigenvalue weighted by molar-refractivity contribution is -0.140. The number of nitrogens with zero attached hydrogens (tertiary/aromatic N) is 2. The molecule has 1 aliphatic rings. The Morgan fingerprint density at radius 1 is 0.891 bits per heavy atom. The van der Waals surface area contributed by atoms with Gasteiger partial charge in [0.2, 0.25) is 11.8 Å². The largest absolute Gasteiger partial charge is 0.486 e. The van der Waals surface area contributed by atoms with E-state index in [0.717, 1.165) is 32.0 Å². The minimum absolute atomic E-state index is 0.0298. The molecule has 0 aliphatic carbocycles. The molecule has 46 heavy (non-hydrogen) atoms. The molecule has 1 N–H and O–H groups in total. The van der Waals surface area contributed by atoms with Crippen molar-refractivity contribution in [3.05, 3.63) is 118 Å². The van der Waals surface area contributed by atoms with Crippen molar-refractivity contribution in [1.82, 2.24) is 10.2 Å². The summed E-state index contributed by atoms with van der Waals surface area (Å²) in [6, 6.07) is 24.7. The third-order valence-corrected chi connectivity index (χ3v) is 9.68. The van der Waals surface area contributed by atoms with Crippen LogP contribution in [0.1, 0.15) is 18.1 Å². The van der Waals surface area contributed by atoms with Crippen LogP contribution in [0.4, 0.5) is 10.1 Å². The summed E-state index contributed by atoms with van der Waals surface area (Å²) in [5, 5.41) is 2.83.